The van der Waals surface area contributed by atoms with Gasteiger partial charge in [-0.15, -0.1) is 0 Å². The number of ether oxygens (including phenoxy) is 1. The maximum absolute atomic E-state index is 5.35. The lowest BCUT2D eigenvalue weighted by Gasteiger charge is -2.06. The normalized spacial score (nSPS) is 14.2. The van der Waals surface area contributed by atoms with Crippen molar-refractivity contribution in [2.24, 2.45) is 0 Å². The van der Waals surface area contributed by atoms with Crippen molar-refractivity contribution in [3.63, 3.8) is 0 Å². The molecule has 3 rings (SSSR count). The largest absolute Gasteiger partial charge is 0.496 e. The van der Waals surface area contributed by atoms with Crippen molar-refractivity contribution in [2.45, 2.75) is 19.3 Å². The predicted octanol–water partition coefficient (Wildman–Crippen LogP) is 2.73. The standard InChI is InChI=1S/C13H13NO/c1-15-13-7-3-6-12-10(13)8-9-4-2-5-11(9)14-12/h3,6-8H,2,4-5H2,1H3. The van der Waals surface area contributed by atoms with Crippen molar-refractivity contribution in [1.82, 2.24) is 4.98 Å². The molecule has 2 aromatic rings. The summed E-state index contributed by atoms with van der Waals surface area (Å²) in [5.74, 6) is 0.926. The molecule has 0 radical (unpaired) electrons. The van der Waals surface area contributed by atoms with Crippen LogP contribution in [-0.2, 0) is 12.8 Å². The van der Waals surface area contributed by atoms with Crippen molar-refractivity contribution < 1.29 is 4.74 Å². The SMILES string of the molecule is COc1cccc2nc3c(cc12)CCC3. The van der Waals surface area contributed by atoms with E-state index in [9.17, 15) is 0 Å². The number of methoxy groups -OCH3 is 1. The maximum Gasteiger partial charge on any atom is 0.128 e. The van der Waals surface area contributed by atoms with Crippen LogP contribution in [0.25, 0.3) is 10.9 Å². The van der Waals surface area contributed by atoms with Gasteiger partial charge >= 0.3 is 0 Å². The number of hydrogen-bond donors (Lipinski definition) is 0. The van der Waals surface area contributed by atoms with E-state index in [-0.39, 0.29) is 0 Å². The minimum Gasteiger partial charge on any atom is -0.496 e. The molecule has 1 aliphatic rings. The number of hydrogen-bond acceptors (Lipinski definition) is 2. The molecule has 0 atom stereocenters. The van der Waals surface area contributed by atoms with Crippen molar-refractivity contribution in [3.8, 4) is 5.75 Å². The zero-order valence-electron chi connectivity index (χ0n) is 8.79. The number of aromatic nitrogens is 1. The zero-order chi connectivity index (χ0) is 10.3. The van der Waals surface area contributed by atoms with Gasteiger partial charge in [0.15, 0.2) is 0 Å². The summed E-state index contributed by atoms with van der Waals surface area (Å²) >= 11 is 0. The molecule has 1 aromatic heterocycles. The summed E-state index contributed by atoms with van der Waals surface area (Å²) < 4.78 is 5.35. The Labute approximate surface area is 88.9 Å². The molecule has 0 spiro atoms. The van der Waals surface area contributed by atoms with Crippen LogP contribution in [0.1, 0.15) is 17.7 Å². The van der Waals surface area contributed by atoms with Gasteiger partial charge in [0.25, 0.3) is 0 Å². The Bertz CT molecular complexity index is 519. The van der Waals surface area contributed by atoms with Crippen LogP contribution < -0.4 is 4.74 Å². The van der Waals surface area contributed by atoms with E-state index in [0.717, 1.165) is 29.5 Å². The molecule has 1 aliphatic carbocycles. The highest BCUT2D eigenvalue weighted by Gasteiger charge is 2.14. The number of rotatable bonds is 1. The average Bonchev–Trinajstić information content (AvgIpc) is 2.72. The van der Waals surface area contributed by atoms with E-state index < -0.39 is 0 Å². The minimum absolute atomic E-state index is 0.926. The second kappa shape index (κ2) is 3.23. The van der Waals surface area contributed by atoms with Crippen LogP contribution in [-0.4, -0.2) is 12.1 Å². The maximum atomic E-state index is 5.35. The van der Waals surface area contributed by atoms with Crippen LogP contribution in [0.15, 0.2) is 24.3 Å². The van der Waals surface area contributed by atoms with E-state index in [2.05, 4.69) is 17.1 Å². The molecule has 15 heavy (non-hydrogen) atoms. The van der Waals surface area contributed by atoms with Gasteiger partial charge in [-0.1, -0.05) is 6.07 Å². The second-order valence-corrected chi connectivity index (χ2v) is 3.97. The summed E-state index contributed by atoms with van der Waals surface area (Å²) in [6.07, 6.45) is 3.53. The summed E-state index contributed by atoms with van der Waals surface area (Å²) in [7, 11) is 1.71. The Morgan fingerprint density at radius 2 is 2.20 bits per heavy atom. The third-order valence-electron chi connectivity index (χ3n) is 3.07. The molecule has 76 valence electrons. The minimum atomic E-state index is 0.926. The van der Waals surface area contributed by atoms with Gasteiger partial charge in [-0.25, -0.2) is 0 Å². The smallest absolute Gasteiger partial charge is 0.128 e. The molecule has 1 aromatic carbocycles. The molecule has 0 fully saturated rings. The Kier molecular flexibility index (Phi) is 1.88. The van der Waals surface area contributed by atoms with Gasteiger partial charge in [-0.2, -0.15) is 0 Å². The first-order chi connectivity index (χ1) is 7.38. The van der Waals surface area contributed by atoms with Crippen LogP contribution in [0.5, 0.6) is 5.75 Å². The van der Waals surface area contributed by atoms with Crippen molar-refractivity contribution in [2.75, 3.05) is 7.11 Å². The summed E-state index contributed by atoms with van der Waals surface area (Å²) in [5, 5.41) is 1.14. The molecule has 2 nitrogen and oxygen atoms in total. The van der Waals surface area contributed by atoms with E-state index in [1.807, 2.05) is 12.1 Å². The molecule has 0 N–H and O–H groups in total. The zero-order valence-corrected chi connectivity index (χ0v) is 8.79. The number of pyridine rings is 1. The van der Waals surface area contributed by atoms with Crippen molar-refractivity contribution >= 4 is 10.9 Å². The first kappa shape index (κ1) is 8.72. The molecular formula is C13H13NO. The van der Waals surface area contributed by atoms with Gasteiger partial charge in [-0.05, 0) is 43.0 Å². The lowest BCUT2D eigenvalue weighted by Crippen LogP contribution is -1.92. The highest BCUT2D eigenvalue weighted by molar-refractivity contribution is 5.86. The highest BCUT2D eigenvalue weighted by Crippen LogP contribution is 2.29. The monoisotopic (exact) mass is 199 g/mol. The third kappa shape index (κ3) is 1.29. The Hall–Kier alpha value is -1.57. The quantitative estimate of drug-likeness (QED) is 0.704. The van der Waals surface area contributed by atoms with E-state index in [0.29, 0.717) is 0 Å². The van der Waals surface area contributed by atoms with Crippen LogP contribution in [0, 0.1) is 0 Å². The average molecular weight is 199 g/mol. The van der Waals surface area contributed by atoms with Crippen molar-refractivity contribution in [1.29, 1.82) is 0 Å². The second-order valence-electron chi connectivity index (χ2n) is 3.97. The molecule has 1 heterocycles. The lowest BCUT2D eigenvalue weighted by atomic mass is 10.1. The molecular weight excluding hydrogens is 186 g/mol. The molecule has 0 bridgehead atoms. The Morgan fingerprint density at radius 3 is 3.07 bits per heavy atom. The fourth-order valence-corrected chi connectivity index (χ4v) is 2.31. The third-order valence-corrected chi connectivity index (χ3v) is 3.07. The van der Waals surface area contributed by atoms with E-state index in [4.69, 9.17) is 4.74 Å². The molecule has 0 aliphatic heterocycles. The summed E-state index contributed by atoms with van der Waals surface area (Å²) in [4.78, 5) is 4.68. The van der Waals surface area contributed by atoms with Crippen LogP contribution in [0.3, 0.4) is 0 Å². The Balaban J connectivity index is 2.33. The van der Waals surface area contributed by atoms with E-state index in [1.165, 1.54) is 17.7 Å². The molecule has 0 amide bonds. The number of fused-ring (bicyclic) bond motifs is 2. The topological polar surface area (TPSA) is 22.1 Å². The number of aryl methyl sites for hydroxylation is 2. The fourth-order valence-electron chi connectivity index (χ4n) is 2.31. The van der Waals surface area contributed by atoms with E-state index in [1.54, 1.807) is 7.11 Å². The molecule has 0 saturated carbocycles. The van der Waals surface area contributed by atoms with Gasteiger partial charge in [0, 0.05) is 11.1 Å². The summed E-state index contributed by atoms with van der Waals surface area (Å²) in [5.41, 5.74) is 3.72. The predicted molar refractivity (Wildman–Crippen MR) is 60.3 cm³/mol. The number of benzene rings is 1. The van der Waals surface area contributed by atoms with Gasteiger partial charge in [0.05, 0.1) is 12.6 Å². The summed E-state index contributed by atoms with van der Waals surface area (Å²) in [6.45, 7) is 0. The molecule has 2 heteroatoms. The van der Waals surface area contributed by atoms with Crippen LogP contribution >= 0.6 is 0 Å². The number of nitrogens with zero attached hydrogens (tertiary/aromatic N) is 1. The first-order valence-electron chi connectivity index (χ1n) is 5.34. The summed E-state index contributed by atoms with van der Waals surface area (Å²) in [6, 6.07) is 8.28. The van der Waals surface area contributed by atoms with Crippen molar-refractivity contribution in [3.05, 3.63) is 35.5 Å². The van der Waals surface area contributed by atoms with Crippen LogP contribution in [0.2, 0.25) is 0 Å². The van der Waals surface area contributed by atoms with E-state index >= 15 is 0 Å². The van der Waals surface area contributed by atoms with Gasteiger partial charge in [0.1, 0.15) is 5.75 Å². The lowest BCUT2D eigenvalue weighted by molar-refractivity contribution is 0.419. The highest BCUT2D eigenvalue weighted by atomic mass is 16.5. The molecule has 0 saturated heterocycles. The van der Waals surface area contributed by atoms with Gasteiger partial charge in [-0.3, -0.25) is 4.98 Å². The molecule has 0 unspecified atom stereocenters. The Morgan fingerprint density at radius 1 is 1.27 bits per heavy atom. The van der Waals surface area contributed by atoms with Gasteiger partial charge in [0.2, 0.25) is 0 Å². The van der Waals surface area contributed by atoms with Crippen LogP contribution in [0.4, 0.5) is 0 Å². The fraction of sp³-hybridized carbons (Fsp3) is 0.308. The van der Waals surface area contributed by atoms with Gasteiger partial charge < -0.3 is 4.74 Å². The first-order valence-corrected chi connectivity index (χ1v) is 5.34.